The van der Waals surface area contributed by atoms with Gasteiger partial charge in [-0.2, -0.15) is 5.10 Å². The topological polar surface area (TPSA) is 81.2 Å². The van der Waals surface area contributed by atoms with Gasteiger partial charge in [-0.25, -0.2) is 10.2 Å². The molecular formula is C27H30ClN3O4. The Kier molecular flexibility index (Phi) is 9.80. The van der Waals surface area contributed by atoms with Gasteiger partial charge in [-0.3, -0.25) is 0 Å². The molecule has 0 aromatic heterocycles. The highest BCUT2D eigenvalue weighted by Crippen LogP contribution is 2.36. The highest BCUT2D eigenvalue weighted by molar-refractivity contribution is 6.32. The third-order valence-corrected chi connectivity index (χ3v) is 5.60. The summed E-state index contributed by atoms with van der Waals surface area (Å²) in [4.78, 5) is 11.9. The van der Waals surface area contributed by atoms with Crippen LogP contribution in [-0.2, 0) is 0 Å². The van der Waals surface area contributed by atoms with Crippen molar-refractivity contribution in [3.63, 3.8) is 0 Å². The van der Waals surface area contributed by atoms with Crippen molar-refractivity contribution in [2.75, 3.05) is 25.6 Å². The lowest BCUT2D eigenvalue weighted by Gasteiger charge is -2.14. The first kappa shape index (κ1) is 25.9. The number of benzene rings is 3. The number of para-hydroxylation sites is 1. The average molecular weight is 496 g/mol. The Balaban J connectivity index is 1.51. The van der Waals surface area contributed by atoms with Gasteiger partial charge < -0.3 is 19.5 Å². The van der Waals surface area contributed by atoms with Crippen LogP contribution in [0.4, 0.5) is 10.5 Å². The molecule has 3 rings (SSSR count). The van der Waals surface area contributed by atoms with Gasteiger partial charge in [-0.1, -0.05) is 55.8 Å². The summed E-state index contributed by atoms with van der Waals surface area (Å²) in [5, 5.41) is 6.99. The molecule has 0 spiro atoms. The second-order valence-corrected chi connectivity index (χ2v) is 8.21. The number of carbonyl (C=O) groups is 1. The van der Waals surface area contributed by atoms with Crippen molar-refractivity contribution in [3.05, 3.63) is 82.9 Å². The fourth-order valence-electron chi connectivity index (χ4n) is 3.23. The van der Waals surface area contributed by atoms with E-state index in [9.17, 15) is 4.79 Å². The van der Waals surface area contributed by atoms with Gasteiger partial charge in [0.2, 0.25) is 0 Å². The zero-order chi connectivity index (χ0) is 25.0. The maximum atomic E-state index is 11.9. The van der Waals surface area contributed by atoms with Crippen LogP contribution in [-0.4, -0.2) is 32.6 Å². The maximum absolute atomic E-state index is 11.9. The smallest absolute Gasteiger partial charge is 0.339 e. The number of amides is 2. The molecule has 1 atom stereocenters. The van der Waals surface area contributed by atoms with Crippen molar-refractivity contribution < 1.29 is 19.0 Å². The van der Waals surface area contributed by atoms with Crippen LogP contribution in [0.2, 0.25) is 5.02 Å². The molecule has 0 saturated heterocycles. The molecule has 35 heavy (non-hydrogen) atoms. The summed E-state index contributed by atoms with van der Waals surface area (Å²) in [6, 6.07) is 20.1. The number of hydrogen-bond acceptors (Lipinski definition) is 5. The van der Waals surface area contributed by atoms with E-state index >= 15 is 0 Å². The van der Waals surface area contributed by atoms with Crippen LogP contribution in [0, 0.1) is 0 Å². The summed E-state index contributed by atoms with van der Waals surface area (Å²) < 4.78 is 17.0. The van der Waals surface area contributed by atoms with Gasteiger partial charge >= 0.3 is 6.03 Å². The zero-order valence-electron chi connectivity index (χ0n) is 20.1. The monoisotopic (exact) mass is 495 g/mol. The summed E-state index contributed by atoms with van der Waals surface area (Å²) in [7, 11) is 1.53. The third-order valence-electron chi connectivity index (χ3n) is 5.32. The quantitative estimate of drug-likeness (QED) is 0.181. The van der Waals surface area contributed by atoms with Gasteiger partial charge in [0.05, 0.1) is 18.3 Å². The lowest BCUT2D eigenvalue weighted by molar-refractivity contribution is 0.211. The second-order valence-electron chi connectivity index (χ2n) is 7.80. The van der Waals surface area contributed by atoms with E-state index in [-0.39, 0.29) is 6.61 Å². The second kappa shape index (κ2) is 13.2. The summed E-state index contributed by atoms with van der Waals surface area (Å²) in [6.07, 6.45) is 2.57. The van der Waals surface area contributed by atoms with Gasteiger partial charge in [-0.05, 0) is 59.9 Å². The van der Waals surface area contributed by atoms with Crippen molar-refractivity contribution in [2.24, 2.45) is 5.10 Å². The Morgan fingerprint density at radius 1 is 1.06 bits per heavy atom. The molecule has 0 unspecified atom stereocenters. The summed E-state index contributed by atoms with van der Waals surface area (Å²) in [6.45, 7) is 5.02. The molecule has 3 aromatic rings. The molecule has 0 aliphatic carbocycles. The van der Waals surface area contributed by atoms with Crippen LogP contribution in [0.1, 0.15) is 37.3 Å². The molecule has 0 saturated carbocycles. The lowest BCUT2D eigenvalue weighted by Crippen LogP contribution is -2.24. The van der Waals surface area contributed by atoms with E-state index in [1.165, 1.54) is 18.9 Å². The molecule has 2 amide bonds. The van der Waals surface area contributed by atoms with E-state index in [1.54, 1.807) is 24.3 Å². The van der Waals surface area contributed by atoms with Crippen LogP contribution in [0.3, 0.4) is 0 Å². The van der Waals surface area contributed by atoms with E-state index < -0.39 is 6.03 Å². The molecule has 0 aliphatic heterocycles. The van der Waals surface area contributed by atoms with Crippen LogP contribution in [0.25, 0.3) is 0 Å². The minimum atomic E-state index is -0.458. The highest BCUT2D eigenvalue weighted by Gasteiger charge is 2.12. The van der Waals surface area contributed by atoms with Crippen LogP contribution >= 0.6 is 11.6 Å². The van der Waals surface area contributed by atoms with Crippen molar-refractivity contribution in [2.45, 2.75) is 26.2 Å². The molecule has 0 bridgehead atoms. The van der Waals surface area contributed by atoms with E-state index in [4.69, 9.17) is 25.8 Å². The number of hydrogen-bond donors (Lipinski definition) is 2. The van der Waals surface area contributed by atoms with E-state index in [2.05, 4.69) is 41.8 Å². The molecule has 3 aromatic carbocycles. The number of ether oxygens (including phenoxy) is 3. The van der Waals surface area contributed by atoms with Gasteiger partial charge in [0.25, 0.3) is 0 Å². The first-order valence-corrected chi connectivity index (χ1v) is 11.8. The molecule has 0 radical (unpaired) electrons. The first-order valence-electron chi connectivity index (χ1n) is 11.4. The largest absolute Gasteiger partial charge is 0.493 e. The van der Waals surface area contributed by atoms with E-state index in [0.29, 0.717) is 40.3 Å². The lowest BCUT2D eigenvalue weighted by atomic mass is 9.99. The minimum absolute atomic E-state index is 0.290. The molecule has 2 N–H and O–H groups in total. The van der Waals surface area contributed by atoms with E-state index in [1.807, 2.05) is 30.3 Å². The van der Waals surface area contributed by atoms with Crippen LogP contribution < -0.4 is 25.0 Å². The van der Waals surface area contributed by atoms with Crippen molar-refractivity contribution in [3.8, 4) is 17.2 Å². The number of carbonyl (C=O) groups excluding carboxylic acids is 1. The average Bonchev–Trinajstić information content (AvgIpc) is 2.87. The summed E-state index contributed by atoms with van der Waals surface area (Å²) in [5.41, 5.74) is 5.01. The minimum Gasteiger partial charge on any atom is -0.493 e. The van der Waals surface area contributed by atoms with Gasteiger partial charge in [0.1, 0.15) is 19.0 Å². The normalized spacial score (nSPS) is 11.7. The fourth-order valence-corrected chi connectivity index (χ4v) is 3.51. The maximum Gasteiger partial charge on any atom is 0.339 e. The van der Waals surface area contributed by atoms with Gasteiger partial charge in [0, 0.05) is 5.69 Å². The number of anilines is 1. The SMILES string of the molecule is CC[C@@H](C)c1ccc(OCCOc2c(Cl)cc(/C=N/NC(=O)Nc3ccccc3)cc2OC)cc1. The Morgan fingerprint density at radius 3 is 2.46 bits per heavy atom. The molecule has 0 fully saturated rings. The molecule has 0 heterocycles. The molecule has 184 valence electrons. The summed E-state index contributed by atoms with van der Waals surface area (Å²) in [5.74, 6) is 2.17. The van der Waals surface area contributed by atoms with Gasteiger partial charge in [-0.15, -0.1) is 0 Å². The predicted octanol–water partition coefficient (Wildman–Crippen LogP) is 6.48. The number of urea groups is 1. The van der Waals surface area contributed by atoms with Crippen molar-refractivity contribution in [1.29, 1.82) is 0 Å². The molecule has 7 nitrogen and oxygen atoms in total. The van der Waals surface area contributed by atoms with Crippen molar-refractivity contribution >= 4 is 29.5 Å². The Hall–Kier alpha value is -3.71. The number of rotatable bonds is 11. The molecular weight excluding hydrogens is 466 g/mol. The fraction of sp³-hybridized carbons (Fsp3) is 0.259. The Bertz CT molecular complexity index is 1120. The zero-order valence-corrected chi connectivity index (χ0v) is 20.8. The number of nitrogens with zero attached hydrogens (tertiary/aromatic N) is 1. The first-order chi connectivity index (χ1) is 17.0. The van der Waals surface area contributed by atoms with E-state index in [0.717, 1.165) is 12.2 Å². The number of methoxy groups -OCH3 is 1. The number of halogens is 1. The Labute approximate surface area is 211 Å². The highest BCUT2D eigenvalue weighted by atomic mass is 35.5. The predicted molar refractivity (Wildman–Crippen MR) is 140 cm³/mol. The van der Waals surface area contributed by atoms with Crippen LogP contribution in [0.5, 0.6) is 17.2 Å². The number of nitrogens with one attached hydrogen (secondary N) is 2. The third kappa shape index (κ3) is 7.93. The number of hydrazone groups is 1. The molecule has 8 heteroatoms. The summed E-state index contributed by atoms with van der Waals surface area (Å²) >= 11 is 6.41. The standard InChI is InChI=1S/C27H30ClN3O4/c1-4-19(2)21-10-12-23(13-11-21)34-14-15-35-26-24(28)16-20(17-25(26)33-3)18-29-31-27(32)30-22-8-6-5-7-9-22/h5-13,16-19H,4,14-15H2,1-3H3,(H2,30,31,32)/b29-18+/t19-/m1/s1. The molecule has 0 aliphatic rings. The van der Waals surface area contributed by atoms with Crippen LogP contribution in [0.15, 0.2) is 71.8 Å². The van der Waals surface area contributed by atoms with Gasteiger partial charge in [0.15, 0.2) is 11.5 Å². The van der Waals surface area contributed by atoms with Crippen molar-refractivity contribution in [1.82, 2.24) is 5.43 Å². The Morgan fingerprint density at radius 2 is 1.77 bits per heavy atom.